The molecular formula is H8CaMgO3Zn. The minimum absolute atomic E-state index is 0. The Morgan fingerprint density at radius 2 is 1.17 bits per heavy atom. The van der Waals surface area contributed by atoms with Gasteiger partial charge in [0.25, 0.3) is 0 Å². The van der Waals surface area contributed by atoms with Crippen LogP contribution in [0.3, 0.4) is 0 Å². The summed E-state index contributed by atoms with van der Waals surface area (Å²) in [4.78, 5) is 0. The van der Waals surface area contributed by atoms with Crippen LogP contribution >= 0.6 is 0 Å². The second-order valence-electron chi connectivity index (χ2n) is 0. The third kappa shape index (κ3) is 32.7. The monoisotopic (exact) mass is 184 g/mol. The third-order valence-corrected chi connectivity index (χ3v) is 0. The minimum atomic E-state index is 0. The zero-order chi connectivity index (χ0) is 2.00. The van der Waals surface area contributed by atoms with Gasteiger partial charge in [0.05, 0.1) is 0 Å². The van der Waals surface area contributed by atoms with Crippen molar-refractivity contribution in [3.63, 3.8) is 0 Å². The molecule has 0 atom stereocenters. The van der Waals surface area contributed by atoms with Crippen LogP contribution in [-0.2, 0) is 21.8 Å². The van der Waals surface area contributed by atoms with Gasteiger partial charge >= 0.3 is 82.6 Å². The summed E-state index contributed by atoms with van der Waals surface area (Å²) in [5.74, 6) is 0. The zero-order valence-electron chi connectivity index (χ0n) is 7.53. The maximum absolute atomic E-state index is 8.38. The van der Waals surface area contributed by atoms with E-state index in [1.165, 1.54) is 0 Å². The van der Waals surface area contributed by atoms with Crippen LogP contribution in [0.15, 0.2) is 0 Å². The van der Waals surface area contributed by atoms with Gasteiger partial charge < -0.3 is 16.7 Å². The second-order valence-corrected chi connectivity index (χ2v) is 0. The summed E-state index contributed by atoms with van der Waals surface area (Å²) < 4.78 is 8.38. The fraction of sp³-hybridized carbons (Fsp3) is 0. The molecule has 6 heteroatoms. The number of hydrogen-bond donors (Lipinski definition) is 0. The molecule has 0 heterocycles. The van der Waals surface area contributed by atoms with Crippen LogP contribution in [0.5, 0.6) is 0 Å². The maximum atomic E-state index is 8.38. The topological polar surface area (TPSA) is 80.1 Å². The molecule has 6 heavy (non-hydrogen) atoms. The molecule has 0 unspecified atom stereocenters. The van der Waals surface area contributed by atoms with Crippen LogP contribution in [-0.4, -0.2) is 71.7 Å². The van der Waals surface area contributed by atoms with Gasteiger partial charge in [-0.15, -0.1) is 0 Å². The van der Waals surface area contributed by atoms with Crippen molar-refractivity contribution in [2.75, 3.05) is 0 Å². The molecular weight excluding hydrogens is 178 g/mol. The van der Waals surface area contributed by atoms with Crippen LogP contribution in [0.4, 0.5) is 0 Å². The SMILES string of the molecule is O.O.[Ca+2].[H-].[H-].[H-].[H-].[Mg+2].[O]=[Zn]. The molecule has 0 aromatic carbocycles. The van der Waals surface area contributed by atoms with Crippen molar-refractivity contribution in [1.82, 2.24) is 0 Å². The summed E-state index contributed by atoms with van der Waals surface area (Å²) in [6.07, 6.45) is 0. The van der Waals surface area contributed by atoms with E-state index in [1.54, 1.807) is 0 Å². The Hall–Kier alpha value is 2.37. The summed E-state index contributed by atoms with van der Waals surface area (Å²) >= 11 is 0.125. The average Bonchev–Trinajstić information content (AvgIpc) is 1.00. The molecule has 0 radical (unpaired) electrons. The summed E-state index contributed by atoms with van der Waals surface area (Å²) in [5, 5.41) is 0. The first kappa shape index (κ1) is 40.0. The standard InChI is InChI=1S/Ca.Mg.2H2O.O.Zn.4H/h;;2*1H2;;;;;;/q2*+2;;;;;4*-1. The van der Waals surface area contributed by atoms with Crippen molar-refractivity contribution >= 4 is 60.8 Å². The first-order valence-electron chi connectivity index (χ1n) is 0.289. The van der Waals surface area contributed by atoms with E-state index in [1.807, 2.05) is 0 Å². The van der Waals surface area contributed by atoms with Crippen molar-refractivity contribution in [3.05, 3.63) is 0 Å². The van der Waals surface area contributed by atoms with Crippen molar-refractivity contribution in [1.29, 1.82) is 0 Å². The van der Waals surface area contributed by atoms with Crippen molar-refractivity contribution in [3.8, 4) is 0 Å². The Kier molecular flexibility index (Phi) is 355. The van der Waals surface area contributed by atoms with Crippen LogP contribution in [0.25, 0.3) is 0 Å². The molecule has 0 amide bonds. The van der Waals surface area contributed by atoms with E-state index in [-0.39, 0.29) is 95.7 Å². The molecule has 0 rings (SSSR count). The Labute approximate surface area is 97.9 Å². The van der Waals surface area contributed by atoms with Gasteiger partial charge in [0.2, 0.25) is 0 Å². The van der Waals surface area contributed by atoms with Gasteiger partial charge in [-0.2, -0.15) is 0 Å². The van der Waals surface area contributed by atoms with Gasteiger partial charge in [0, 0.05) is 0 Å². The first-order chi connectivity index (χ1) is 1.00. The van der Waals surface area contributed by atoms with Gasteiger partial charge in [0.1, 0.15) is 0 Å². The van der Waals surface area contributed by atoms with Crippen molar-refractivity contribution in [2.45, 2.75) is 0 Å². The molecule has 0 saturated carbocycles. The van der Waals surface area contributed by atoms with Crippen LogP contribution in [0, 0.1) is 0 Å². The van der Waals surface area contributed by atoms with E-state index >= 15 is 0 Å². The Morgan fingerprint density at radius 1 is 1.17 bits per heavy atom. The molecule has 3 nitrogen and oxygen atoms in total. The summed E-state index contributed by atoms with van der Waals surface area (Å²) in [7, 11) is 0. The molecule has 0 aromatic heterocycles. The van der Waals surface area contributed by atoms with Crippen LogP contribution in [0.1, 0.15) is 5.71 Å². The predicted molar refractivity (Wildman–Crippen MR) is 23.9 cm³/mol. The van der Waals surface area contributed by atoms with E-state index in [9.17, 15) is 0 Å². The van der Waals surface area contributed by atoms with E-state index < -0.39 is 0 Å². The molecule has 0 spiro atoms. The molecule has 0 saturated heterocycles. The Balaban J connectivity index is -0.000000000179. The van der Waals surface area contributed by atoms with Gasteiger partial charge in [-0.25, -0.2) is 0 Å². The number of hydrogen-bond acceptors (Lipinski definition) is 1. The van der Waals surface area contributed by atoms with Crippen molar-refractivity contribution in [2.24, 2.45) is 0 Å². The molecule has 32 valence electrons. The molecule has 0 aliphatic rings. The summed E-state index contributed by atoms with van der Waals surface area (Å²) in [6.45, 7) is 0. The number of rotatable bonds is 0. The van der Waals surface area contributed by atoms with E-state index in [2.05, 4.69) is 0 Å². The fourth-order valence-corrected chi connectivity index (χ4v) is 0. The first-order valence-corrected chi connectivity index (χ1v) is 1.50. The molecule has 0 aliphatic carbocycles. The normalized spacial score (nSPS) is 1.00. The Morgan fingerprint density at radius 3 is 1.17 bits per heavy atom. The van der Waals surface area contributed by atoms with Gasteiger partial charge in [-0.05, 0) is 0 Å². The van der Waals surface area contributed by atoms with Crippen molar-refractivity contribution < 1.29 is 38.5 Å². The quantitative estimate of drug-likeness (QED) is 0.399. The molecule has 0 aromatic rings. The molecule has 0 bridgehead atoms. The Bertz CT molecular complexity index is 20.5. The van der Waals surface area contributed by atoms with Gasteiger partial charge in [-0.1, -0.05) is 0 Å². The van der Waals surface area contributed by atoms with E-state index in [0.29, 0.717) is 0 Å². The van der Waals surface area contributed by atoms with E-state index in [0.717, 1.165) is 0 Å². The summed E-state index contributed by atoms with van der Waals surface area (Å²) in [5.41, 5.74) is 0. The fourth-order valence-electron chi connectivity index (χ4n) is 0. The van der Waals surface area contributed by atoms with Crippen LogP contribution in [0.2, 0.25) is 0 Å². The molecule has 4 N–H and O–H groups in total. The van der Waals surface area contributed by atoms with Gasteiger partial charge in [-0.3, -0.25) is 0 Å². The second kappa shape index (κ2) is 53.3. The van der Waals surface area contributed by atoms with Crippen LogP contribution < -0.4 is 0 Å². The third-order valence-electron chi connectivity index (χ3n) is 0. The molecule has 0 aliphatic heterocycles. The predicted octanol–water partition coefficient (Wildman–Crippen LogP) is -2.08. The van der Waals surface area contributed by atoms with E-state index in [4.69, 9.17) is 3.57 Å². The summed E-state index contributed by atoms with van der Waals surface area (Å²) in [6, 6.07) is 0. The molecule has 0 fully saturated rings. The zero-order valence-corrected chi connectivity index (χ0v) is 10.1. The average molecular weight is 186 g/mol. The van der Waals surface area contributed by atoms with Gasteiger partial charge in [0.15, 0.2) is 0 Å².